The second kappa shape index (κ2) is 5.32. The zero-order chi connectivity index (χ0) is 16.0. The minimum Gasteiger partial charge on any atom is -0.439 e. The van der Waals surface area contributed by atoms with Crippen molar-refractivity contribution in [2.75, 3.05) is 0 Å². The van der Waals surface area contributed by atoms with Crippen molar-refractivity contribution in [3.63, 3.8) is 0 Å². The van der Waals surface area contributed by atoms with E-state index in [-0.39, 0.29) is 23.5 Å². The van der Waals surface area contributed by atoms with E-state index in [0.717, 1.165) is 6.42 Å². The second-order valence-electron chi connectivity index (χ2n) is 5.88. The van der Waals surface area contributed by atoms with E-state index in [1.165, 1.54) is 9.75 Å². The lowest BCUT2D eigenvalue weighted by Crippen LogP contribution is -2.14. The molecule has 0 N–H and O–H groups in total. The lowest BCUT2D eigenvalue weighted by atomic mass is 10.0. The highest BCUT2D eigenvalue weighted by molar-refractivity contribution is 7.12. The molecule has 0 spiro atoms. The van der Waals surface area contributed by atoms with E-state index in [1.54, 1.807) is 17.4 Å². The summed E-state index contributed by atoms with van der Waals surface area (Å²) in [5, 5.41) is 9.44. The smallest absolute Gasteiger partial charge is 0.220 e. The van der Waals surface area contributed by atoms with E-state index < -0.39 is 5.92 Å². The van der Waals surface area contributed by atoms with Gasteiger partial charge in [0.1, 0.15) is 5.52 Å². The standard InChI is InChI=1S/C18H14N2O2S/c1-10-6-7-16(23-10)11-8-12(11)17(21)13(9-19)18-20-14-4-2-3-5-15(14)22-18/h2-7,11-13H,8H2,1H3/t11-,12+,13-/m1/s1. The average molecular weight is 322 g/mol. The Hall–Kier alpha value is -2.45. The Morgan fingerprint density at radius 2 is 2.22 bits per heavy atom. The summed E-state index contributed by atoms with van der Waals surface area (Å²) >= 11 is 1.72. The molecule has 1 aliphatic carbocycles. The molecule has 4 rings (SSSR count). The zero-order valence-corrected chi connectivity index (χ0v) is 13.3. The molecule has 0 aliphatic heterocycles. The summed E-state index contributed by atoms with van der Waals surface area (Å²) in [5.74, 6) is -0.616. The molecule has 0 unspecified atom stereocenters. The first kappa shape index (κ1) is 14.2. The third-order valence-corrected chi connectivity index (χ3v) is 5.39. The largest absolute Gasteiger partial charge is 0.439 e. The number of oxazole rings is 1. The number of nitriles is 1. The van der Waals surface area contributed by atoms with Gasteiger partial charge in [0.15, 0.2) is 17.3 Å². The minimum absolute atomic E-state index is 0.0740. The van der Waals surface area contributed by atoms with E-state index >= 15 is 0 Å². The van der Waals surface area contributed by atoms with Gasteiger partial charge in [-0.2, -0.15) is 5.26 Å². The quantitative estimate of drug-likeness (QED) is 0.722. The predicted octanol–water partition coefficient (Wildman–Crippen LogP) is 4.18. The van der Waals surface area contributed by atoms with Crippen LogP contribution < -0.4 is 0 Å². The Morgan fingerprint density at radius 1 is 1.39 bits per heavy atom. The first-order chi connectivity index (χ1) is 11.2. The highest BCUT2D eigenvalue weighted by Gasteiger charge is 2.48. The van der Waals surface area contributed by atoms with Crippen molar-refractivity contribution < 1.29 is 9.21 Å². The molecule has 1 aliphatic rings. The number of aromatic nitrogens is 1. The van der Waals surface area contributed by atoms with Gasteiger partial charge in [-0.25, -0.2) is 4.98 Å². The number of fused-ring (bicyclic) bond motifs is 1. The molecule has 114 valence electrons. The lowest BCUT2D eigenvalue weighted by molar-refractivity contribution is -0.121. The number of hydrogen-bond donors (Lipinski definition) is 0. The summed E-state index contributed by atoms with van der Waals surface area (Å²) in [6, 6.07) is 13.5. The van der Waals surface area contributed by atoms with Crippen molar-refractivity contribution in [1.29, 1.82) is 5.26 Å². The van der Waals surface area contributed by atoms with Crippen LogP contribution >= 0.6 is 11.3 Å². The molecule has 0 amide bonds. The molecular weight excluding hydrogens is 308 g/mol. The molecule has 2 heterocycles. The van der Waals surface area contributed by atoms with E-state index in [0.29, 0.717) is 11.1 Å². The molecule has 1 fully saturated rings. The number of carbonyl (C=O) groups is 1. The number of hydrogen-bond acceptors (Lipinski definition) is 5. The molecule has 23 heavy (non-hydrogen) atoms. The van der Waals surface area contributed by atoms with Crippen LogP contribution in [0, 0.1) is 24.2 Å². The van der Waals surface area contributed by atoms with Gasteiger partial charge in [-0.05, 0) is 37.6 Å². The van der Waals surface area contributed by atoms with Gasteiger partial charge < -0.3 is 4.42 Å². The van der Waals surface area contributed by atoms with Crippen LogP contribution in [0.15, 0.2) is 40.8 Å². The SMILES string of the molecule is Cc1ccc([C@@H]2C[C@@H]2C(=O)[C@@H](C#N)c2nc3ccccc3o2)s1. The topological polar surface area (TPSA) is 66.9 Å². The fourth-order valence-corrected chi connectivity index (χ4v) is 4.00. The van der Waals surface area contributed by atoms with Crippen LogP contribution in [0.4, 0.5) is 0 Å². The van der Waals surface area contributed by atoms with Crippen LogP contribution in [0.25, 0.3) is 11.1 Å². The predicted molar refractivity (Wildman–Crippen MR) is 87.3 cm³/mol. The van der Waals surface area contributed by atoms with Gasteiger partial charge in [0, 0.05) is 21.6 Å². The number of nitrogens with zero attached hydrogens (tertiary/aromatic N) is 2. The van der Waals surface area contributed by atoms with Gasteiger partial charge in [-0.1, -0.05) is 12.1 Å². The normalized spacial score (nSPS) is 21.0. The summed E-state index contributed by atoms with van der Waals surface area (Å²) in [6.07, 6.45) is 0.817. The molecule has 0 saturated heterocycles. The van der Waals surface area contributed by atoms with Crippen molar-refractivity contribution in [1.82, 2.24) is 4.98 Å². The van der Waals surface area contributed by atoms with Crippen LogP contribution in [0.2, 0.25) is 0 Å². The summed E-state index contributed by atoms with van der Waals surface area (Å²) in [4.78, 5) is 19.5. The zero-order valence-electron chi connectivity index (χ0n) is 12.5. The lowest BCUT2D eigenvalue weighted by Gasteiger charge is -2.03. The highest BCUT2D eigenvalue weighted by atomic mass is 32.1. The van der Waals surface area contributed by atoms with Crippen molar-refractivity contribution in [3.05, 3.63) is 52.0 Å². The van der Waals surface area contributed by atoms with Crippen LogP contribution in [0.1, 0.15) is 33.9 Å². The summed E-state index contributed by atoms with van der Waals surface area (Å²) in [5.41, 5.74) is 1.29. The first-order valence-electron chi connectivity index (χ1n) is 7.52. The van der Waals surface area contributed by atoms with Gasteiger partial charge in [0.05, 0.1) is 6.07 Å². The number of benzene rings is 1. The van der Waals surface area contributed by atoms with Crippen LogP contribution in [-0.2, 0) is 4.79 Å². The molecule has 5 heteroatoms. The number of aryl methyl sites for hydroxylation is 1. The molecular formula is C18H14N2O2S. The van der Waals surface area contributed by atoms with Gasteiger partial charge in [0.2, 0.25) is 5.89 Å². The van der Waals surface area contributed by atoms with E-state index in [4.69, 9.17) is 4.42 Å². The molecule has 1 aromatic carbocycles. The Labute approximate surface area is 137 Å². The van der Waals surface area contributed by atoms with E-state index in [9.17, 15) is 10.1 Å². The summed E-state index contributed by atoms with van der Waals surface area (Å²) < 4.78 is 5.61. The fourth-order valence-electron chi connectivity index (χ4n) is 2.94. The van der Waals surface area contributed by atoms with Gasteiger partial charge in [-0.15, -0.1) is 11.3 Å². The maximum Gasteiger partial charge on any atom is 0.220 e. The Bertz CT molecular complexity index is 901. The Kier molecular flexibility index (Phi) is 3.28. The molecule has 1 saturated carbocycles. The maximum absolute atomic E-state index is 12.7. The molecule has 2 aromatic heterocycles. The van der Waals surface area contributed by atoms with Gasteiger partial charge in [-0.3, -0.25) is 4.79 Å². The van der Waals surface area contributed by atoms with Crippen LogP contribution in [0.3, 0.4) is 0 Å². The van der Waals surface area contributed by atoms with E-state index in [1.807, 2.05) is 18.2 Å². The average Bonchev–Trinajstić information content (AvgIpc) is 3.05. The monoisotopic (exact) mass is 322 g/mol. The third-order valence-electron chi connectivity index (χ3n) is 4.25. The van der Waals surface area contributed by atoms with Crippen molar-refractivity contribution in [2.45, 2.75) is 25.2 Å². The van der Waals surface area contributed by atoms with Crippen molar-refractivity contribution in [2.24, 2.45) is 5.92 Å². The number of thiophene rings is 1. The first-order valence-corrected chi connectivity index (χ1v) is 8.34. The molecule has 4 nitrogen and oxygen atoms in total. The molecule has 0 bridgehead atoms. The number of rotatable bonds is 4. The van der Waals surface area contributed by atoms with Crippen LogP contribution in [0.5, 0.6) is 0 Å². The number of carbonyl (C=O) groups excluding carboxylic acids is 1. The molecule has 0 radical (unpaired) electrons. The number of ketones is 1. The number of Topliss-reactive ketones (excluding diaryl/α,β-unsaturated/α-hetero) is 1. The third kappa shape index (κ3) is 2.45. The minimum atomic E-state index is -0.918. The molecule has 3 aromatic rings. The second-order valence-corrected chi connectivity index (χ2v) is 7.20. The van der Waals surface area contributed by atoms with Crippen molar-refractivity contribution >= 4 is 28.2 Å². The van der Waals surface area contributed by atoms with Crippen LogP contribution in [-0.4, -0.2) is 10.8 Å². The Morgan fingerprint density at radius 3 is 2.91 bits per heavy atom. The summed E-state index contributed by atoms with van der Waals surface area (Å²) in [7, 11) is 0. The maximum atomic E-state index is 12.7. The number of para-hydroxylation sites is 2. The fraction of sp³-hybridized carbons (Fsp3) is 0.278. The van der Waals surface area contributed by atoms with Gasteiger partial charge in [0.25, 0.3) is 0 Å². The highest BCUT2D eigenvalue weighted by Crippen LogP contribution is 2.51. The molecule has 3 atom stereocenters. The Balaban J connectivity index is 1.58. The van der Waals surface area contributed by atoms with Crippen molar-refractivity contribution in [3.8, 4) is 6.07 Å². The summed E-state index contributed by atoms with van der Waals surface area (Å²) in [6.45, 7) is 2.06. The van der Waals surface area contributed by atoms with E-state index in [2.05, 4.69) is 30.1 Å². The van der Waals surface area contributed by atoms with Gasteiger partial charge >= 0.3 is 0 Å².